The van der Waals surface area contributed by atoms with Crippen molar-refractivity contribution in [3.05, 3.63) is 48.0 Å². The Kier molecular flexibility index (Phi) is 6.31. The van der Waals surface area contributed by atoms with Gasteiger partial charge in [-0.15, -0.1) is 0 Å². The molecule has 2 aromatic rings. The lowest BCUT2D eigenvalue weighted by atomic mass is 10.2. The number of fused-ring (bicyclic) bond motifs is 1. The van der Waals surface area contributed by atoms with Crippen LogP contribution < -0.4 is 19.5 Å². The van der Waals surface area contributed by atoms with Crippen molar-refractivity contribution in [1.82, 2.24) is 0 Å². The number of nitrogens with one attached hydrogen (secondary N) is 1. The molecule has 8 heteroatoms. The van der Waals surface area contributed by atoms with Crippen LogP contribution in [0.1, 0.15) is 12.0 Å². The monoisotopic (exact) mass is 382 g/mol. The third kappa shape index (κ3) is 5.38. The van der Waals surface area contributed by atoms with Crippen LogP contribution >= 0.6 is 0 Å². The van der Waals surface area contributed by atoms with Gasteiger partial charge in [0.2, 0.25) is 0 Å². The van der Waals surface area contributed by atoms with Crippen LogP contribution in [0.3, 0.4) is 0 Å². The van der Waals surface area contributed by atoms with Crippen molar-refractivity contribution in [2.75, 3.05) is 31.7 Å². The number of esters is 1. The Balaban J connectivity index is 1.43. The first kappa shape index (κ1) is 19.0. The standard InChI is InChI=1S/C20H18N2O6/c21-11-14-2-5-16(6-3-14)27-13-20(24)28-12-19(23)22-15-4-7-17-18(10-15)26-9-1-8-25-17/h2-7,10H,1,8-9,12-13H2,(H,22,23). The Labute approximate surface area is 161 Å². The van der Waals surface area contributed by atoms with Gasteiger partial charge in [0.25, 0.3) is 5.91 Å². The Morgan fingerprint density at radius 1 is 1.04 bits per heavy atom. The van der Waals surface area contributed by atoms with E-state index in [-0.39, 0.29) is 6.61 Å². The van der Waals surface area contributed by atoms with Crippen molar-refractivity contribution < 1.29 is 28.5 Å². The van der Waals surface area contributed by atoms with E-state index >= 15 is 0 Å². The van der Waals surface area contributed by atoms with Gasteiger partial charge in [0.15, 0.2) is 24.7 Å². The molecule has 0 fully saturated rings. The largest absolute Gasteiger partial charge is 0.490 e. The predicted octanol–water partition coefficient (Wildman–Crippen LogP) is 2.28. The maximum absolute atomic E-state index is 12.0. The minimum absolute atomic E-state index is 0.344. The number of carbonyl (C=O) groups excluding carboxylic acids is 2. The predicted molar refractivity (Wildman–Crippen MR) is 98.3 cm³/mol. The smallest absolute Gasteiger partial charge is 0.344 e. The van der Waals surface area contributed by atoms with Gasteiger partial charge in [-0.05, 0) is 36.4 Å². The van der Waals surface area contributed by atoms with Crippen LogP contribution in [0, 0.1) is 11.3 Å². The Bertz CT molecular complexity index is 889. The molecular weight excluding hydrogens is 364 g/mol. The number of ether oxygens (including phenoxy) is 4. The molecule has 0 bridgehead atoms. The zero-order valence-electron chi connectivity index (χ0n) is 15.0. The third-order valence-electron chi connectivity index (χ3n) is 3.74. The molecule has 0 radical (unpaired) electrons. The van der Waals surface area contributed by atoms with Gasteiger partial charge < -0.3 is 24.3 Å². The second kappa shape index (κ2) is 9.28. The minimum Gasteiger partial charge on any atom is -0.490 e. The molecule has 3 rings (SSSR count). The molecule has 1 aliphatic rings. The lowest BCUT2D eigenvalue weighted by Crippen LogP contribution is -2.23. The summed E-state index contributed by atoms with van der Waals surface area (Å²) in [5.74, 6) is 0.442. The van der Waals surface area contributed by atoms with Crippen LogP contribution in [0.15, 0.2) is 42.5 Å². The lowest BCUT2D eigenvalue weighted by molar-refractivity contribution is -0.149. The number of nitrogens with zero attached hydrogens (tertiary/aromatic N) is 1. The Morgan fingerprint density at radius 3 is 2.54 bits per heavy atom. The molecule has 144 valence electrons. The fourth-order valence-corrected chi connectivity index (χ4v) is 2.39. The summed E-state index contributed by atoms with van der Waals surface area (Å²) in [6, 6.07) is 13.3. The third-order valence-corrected chi connectivity index (χ3v) is 3.74. The average Bonchev–Trinajstić information content (AvgIpc) is 2.96. The fourth-order valence-electron chi connectivity index (χ4n) is 2.39. The SMILES string of the molecule is N#Cc1ccc(OCC(=O)OCC(=O)Nc2ccc3c(c2)OCCCO3)cc1. The zero-order valence-corrected chi connectivity index (χ0v) is 15.0. The van der Waals surface area contributed by atoms with Gasteiger partial charge in [-0.1, -0.05) is 0 Å². The topological polar surface area (TPSA) is 107 Å². The highest BCUT2D eigenvalue weighted by Gasteiger charge is 2.13. The van der Waals surface area contributed by atoms with E-state index in [0.29, 0.717) is 41.7 Å². The number of rotatable bonds is 6. The molecule has 0 aromatic heterocycles. The first-order valence-electron chi connectivity index (χ1n) is 8.62. The summed E-state index contributed by atoms with van der Waals surface area (Å²) in [7, 11) is 0. The highest BCUT2D eigenvalue weighted by atomic mass is 16.6. The van der Waals surface area contributed by atoms with Gasteiger partial charge >= 0.3 is 5.97 Å². The van der Waals surface area contributed by atoms with Crippen LogP contribution in [0.5, 0.6) is 17.2 Å². The Hall–Kier alpha value is -3.73. The molecule has 8 nitrogen and oxygen atoms in total. The second-order valence-corrected chi connectivity index (χ2v) is 5.85. The molecule has 0 saturated heterocycles. The molecule has 1 amide bonds. The van der Waals surface area contributed by atoms with E-state index in [0.717, 1.165) is 6.42 Å². The van der Waals surface area contributed by atoms with Crippen molar-refractivity contribution in [2.24, 2.45) is 0 Å². The van der Waals surface area contributed by atoms with Crippen molar-refractivity contribution in [1.29, 1.82) is 5.26 Å². The Morgan fingerprint density at radius 2 is 1.79 bits per heavy atom. The van der Waals surface area contributed by atoms with Gasteiger partial charge in [0.05, 0.1) is 24.8 Å². The first-order valence-corrected chi connectivity index (χ1v) is 8.62. The summed E-state index contributed by atoms with van der Waals surface area (Å²) >= 11 is 0. The van der Waals surface area contributed by atoms with Crippen molar-refractivity contribution in [3.63, 3.8) is 0 Å². The first-order chi connectivity index (χ1) is 13.6. The van der Waals surface area contributed by atoms with Crippen LogP contribution in [-0.2, 0) is 14.3 Å². The molecule has 0 spiro atoms. The van der Waals surface area contributed by atoms with Crippen molar-refractivity contribution >= 4 is 17.6 Å². The van der Waals surface area contributed by atoms with Gasteiger partial charge in [-0.2, -0.15) is 5.26 Å². The van der Waals surface area contributed by atoms with E-state index in [2.05, 4.69) is 5.32 Å². The van der Waals surface area contributed by atoms with Gasteiger partial charge in [0, 0.05) is 18.2 Å². The lowest BCUT2D eigenvalue weighted by Gasteiger charge is -2.11. The van der Waals surface area contributed by atoms with E-state index in [1.54, 1.807) is 42.5 Å². The van der Waals surface area contributed by atoms with Crippen LogP contribution in [0.4, 0.5) is 5.69 Å². The van der Waals surface area contributed by atoms with Crippen LogP contribution in [0.2, 0.25) is 0 Å². The van der Waals surface area contributed by atoms with E-state index in [9.17, 15) is 9.59 Å². The number of benzene rings is 2. The summed E-state index contributed by atoms with van der Waals surface area (Å²) in [4.78, 5) is 23.7. The van der Waals surface area contributed by atoms with Crippen LogP contribution in [0.25, 0.3) is 0 Å². The van der Waals surface area contributed by atoms with E-state index in [1.165, 1.54) is 0 Å². The number of anilines is 1. The molecule has 1 aliphatic heterocycles. The molecule has 0 unspecified atom stereocenters. The summed E-state index contributed by atoms with van der Waals surface area (Å²) in [5.41, 5.74) is 1.00. The van der Waals surface area contributed by atoms with Crippen molar-refractivity contribution in [2.45, 2.75) is 6.42 Å². The summed E-state index contributed by atoms with van der Waals surface area (Å²) in [6.45, 7) is 0.341. The number of nitriles is 1. The molecule has 0 atom stereocenters. The van der Waals surface area contributed by atoms with Gasteiger partial charge in [-0.3, -0.25) is 4.79 Å². The molecular formula is C20H18N2O6. The fraction of sp³-hybridized carbons (Fsp3) is 0.250. The highest BCUT2D eigenvalue weighted by molar-refractivity contribution is 5.93. The minimum atomic E-state index is -0.682. The maximum atomic E-state index is 12.0. The van der Waals surface area contributed by atoms with Gasteiger partial charge in [-0.25, -0.2) is 4.79 Å². The summed E-state index contributed by atoms with van der Waals surface area (Å²) in [5, 5.41) is 11.4. The normalized spacial score (nSPS) is 12.2. The zero-order chi connectivity index (χ0) is 19.8. The number of hydrogen-bond donors (Lipinski definition) is 1. The average molecular weight is 382 g/mol. The maximum Gasteiger partial charge on any atom is 0.344 e. The van der Waals surface area contributed by atoms with E-state index in [4.69, 9.17) is 24.2 Å². The highest BCUT2D eigenvalue weighted by Crippen LogP contribution is 2.32. The number of amides is 1. The quantitative estimate of drug-likeness (QED) is 0.764. The van der Waals surface area contributed by atoms with Gasteiger partial charge in [0.1, 0.15) is 5.75 Å². The molecule has 2 aromatic carbocycles. The molecule has 1 N–H and O–H groups in total. The number of carbonyl (C=O) groups is 2. The van der Waals surface area contributed by atoms with Crippen molar-refractivity contribution in [3.8, 4) is 23.3 Å². The molecule has 1 heterocycles. The molecule has 0 saturated carbocycles. The summed E-state index contributed by atoms with van der Waals surface area (Å²) < 4.78 is 21.2. The van der Waals surface area contributed by atoms with Crippen LogP contribution in [-0.4, -0.2) is 38.3 Å². The second-order valence-electron chi connectivity index (χ2n) is 5.85. The van der Waals surface area contributed by atoms with E-state index < -0.39 is 18.5 Å². The summed E-state index contributed by atoms with van der Waals surface area (Å²) in [6.07, 6.45) is 0.789. The molecule has 28 heavy (non-hydrogen) atoms. The molecule has 0 aliphatic carbocycles. The van der Waals surface area contributed by atoms with E-state index in [1.807, 2.05) is 6.07 Å². The number of hydrogen-bond acceptors (Lipinski definition) is 7.